The molecule has 0 aromatic heterocycles. The molecule has 2 unspecified atom stereocenters. The van der Waals surface area contributed by atoms with Crippen molar-refractivity contribution in [3.05, 3.63) is 108 Å². The van der Waals surface area contributed by atoms with Crippen molar-refractivity contribution in [3.8, 4) is 0 Å². The Bertz CT molecular complexity index is 1180. The SMILES string of the molecule is COC(=O)C(C(C)C)N(C)C(=O)CN(C)C(=O)C1C[N@@]1C(c1ccccc1)(c1ccccc1)c1ccccc1. The topological polar surface area (TPSA) is 69.9 Å². The lowest BCUT2D eigenvalue weighted by Crippen LogP contribution is -2.50. The third kappa shape index (κ3) is 5.45. The van der Waals surface area contributed by atoms with Gasteiger partial charge in [-0.3, -0.25) is 14.5 Å². The fourth-order valence-corrected chi connectivity index (χ4v) is 5.56. The van der Waals surface area contributed by atoms with Crippen molar-refractivity contribution >= 4 is 17.8 Å². The smallest absolute Gasteiger partial charge is 0.328 e. The molecule has 1 fully saturated rings. The third-order valence-corrected chi connectivity index (χ3v) is 7.54. The Hall–Kier alpha value is -3.97. The number of likely N-dealkylation sites (N-methyl/N-ethyl adjacent to an activating group) is 2. The van der Waals surface area contributed by atoms with Crippen molar-refractivity contribution in [1.29, 1.82) is 0 Å². The number of rotatable bonds is 10. The summed E-state index contributed by atoms with van der Waals surface area (Å²) >= 11 is 0. The summed E-state index contributed by atoms with van der Waals surface area (Å²) in [6.45, 7) is 4.13. The fourth-order valence-electron chi connectivity index (χ4n) is 5.56. The highest BCUT2D eigenvalue weighted by Crippen LogP contribution is 2.48. The van der Waals surface area contributed by atoms with Gasteiger partial charge in [0.25, 0.3) is 0 Å². The van der Waals surface area contributed by atoms with Crippen LogP contribution in [0.25, 0.3) is 0 Å². The maximum atomic E-state index is 13.7. The second-order valence-electron chi connectivity index (χ2n) is 10.4. The summed E-state index contributed by atoms with van der Waals surface area (Å²) in [6.07, 6.45) is 0. The summed E-state index contributed by atoms with van der Waals surface area (Å²) in [5.74, 6) is -1.05. The maximum absolute atomic E-state index is 13.7. The van der Waals surface area contributed by atoms with Crippen molar-refractivity contribution in [2.75, 3.05) is 34.3 Å². The Morgan fingerprint density at radius 3 is 1.67 bits per heavy atom. The minimum Gasteiger partial charge on any atom is -0.467 e. The Kier molecular flexibility index (Phi) is 8.51. The molecular weight excluding hydrogens is 490 g/mol. The van der Waals surface area contributed by atoms with Gasteiger partial charge in [0.2, 0.25) is 11.8 Å². The molecule has 1 aliphatic rings. The van der Waals surface area contributed by atoms with Gasteiger partial charge >= 0.3 is 5.97 Å². The molecule has 0 saturated carbocycles. The molecule has 3 aromatic carbocycles. The van der Waals surface area contributed by atoms with E-state index in [-0.39, 0.29) is 24.3 Å². The number of benzene rings is 3. The Morgan fingerprint density at radius 1 is 0.846 bits per heavy atom. The van der Waals surface area contributed by atoms with E-state index < -0.39 is 23.6 Å². The Balaban J connectivity index is 1.64. The predicted octanol–water partition coefficient (Wildman–Crippen LogP) is 3.78. The highest BCUT2D eigenvalue weighted by Gasteiger charge is 2.56. The van der Waals surface area contributed by atoms with Crippen molar-refractivity contribution in [3.63, 3.8) is 0 Å². The summed E-state index contributed by atoms with van der Waals surface area (Å²) in [5.41, 5.74) is 2.51. The normalized spacial score (nSPS) is 17.3. The summed E-state index contributed by atoms with van der Waals surface area (Å²) in [6, 6.07) is 29.5. The quantitative estimate of drug-likeness (QED) is 0.228. The molecule has 3 atom stereocenters. The van der Waals surface area contributed by atoms with Gasteiger partial charge in [-0.2, -0.15) is 0 Å². The highest BCUT2D eigenvalue weighted by atomic mass is 16.5. The van der Waals surface area contributed by atoms with Gasteiger partial charge in [-0.15, -0.1) is 0 Å². The molecule has 3 aromatic rings. The van der Waals surface area contributed by atoms with Crippen LogP contribution in [0, 0.1) is 5.92 Å². The van der Waals surface area contributed by atoms with E-state index in [1.807, 2.05) is 68.4 Å². The van der Waals surface area contributed by atoms with Crippen molar-refractivity contribution < 1.29 is 19.1 Å². The Labute approximate surface area is 231 Å². The average Bonchev–Trinajstić information content (AvgIpc) is 3.75. The molecule has 1 heterocycles. The molecule has 0 aliphatic carbocycles. The molecule has 4 rings (SSSR count). The number of nitrogens with zero attached hydrogens (tertiary/aromatic N) is 3. The van der Waals surface area contributed by atoms with E-state index >= 15 is 0 Å². The van der Waals surface area contributed by atoms with Crippen molar-refractivity contribution in [2.24, 2.45) is 5.92 Å². The molecule has 204 valence electrons. The zero-order valence-corrected chi connectivity index (χ0v) is 23.3. The van der Waals surface area contributed by atoms with Crippen LogP contribution in [0.2, 0.25) is 0 Å². The highest BCUT2D eigenvalue weighted by molar-refractivity contribution is 5.91. The number of hydrogen-bond acceptors (Lipinski definition) is 5. The summed E-state index contributed by atoms with van der Waals surface area (Å²) < 4.78 is 4.90. The number of carbonyl (C=O) groups excluding carboxylic acids is 3. The summed E-state index contributed by atoms with van der Waals surface area (Å²) in [5, 5.41) is 0. The number of esters is 1. The van der Waals surface area contributed by atoms with E-state index in [1.165, 1.54) is 16.9 Å². The van der Waals surface area contributed by atoms with Crippen LogP contribution in [0.4, 0.5) is 0 Å². The minimum absolute atomic E-state index is 0.130. The first-order valence-electron chi connectivity index (χ1n) is 13.2. The molecule has 7 heteroatoms. The van der Waals surface area contributed by atoms with Gasteiger partial charge in [-0.25, -0.2) is 4.79 Å². The van der Waals surface area contributed by atoms with Crippen LogP contribution >= 0.6 is 0 Å². The van der Waals surface area contributed by atoms with Crippen LogP contribution in [0.1, 0.15) is 30.5 Å². The molecule has 0 N–H and O–H groups in total. The first kappa shape index (κ1) is 28.0. The number of methoxy groups -OCH3 is 1. The standard InChI is InChI=1S/C32H37N3O4/c1-23(2)29(31(38)39-5)34(4)28(36)22-33(3)30(37)27-21-35(27)32(24-15-9-6-10-16-24,25-17-11-7-12-18-25)26-19-13-8-14-20-26/h6-20,23,27,29H,21-22H2,1-5H3/t27?,29?,35-/m1/s1. The van der Waals surface area contributed by atoms with Crippen molar-refractivity contribution in [2.45, 2.75) is 31.5 Å². The second-order valence-corrected chi connectivity index (χ2v) is 10.4. The monoisotopic (exact) mass is 527 g/mol. The van der Waals surface area contributed by atoms with E-state index in [1.54, 1.807) is 14.1 Å². The van der Waals surface area contributed by atoms with E-state index in [9.17, 15) is 14.4 Å². The summed E-state index contributed by atoms with van der Waals surface area (Å²) in [4.78, 5) is 44.2. The van der Waals surface area contributed by atoms with Crippen LogP contribution in [-0.4, -0.2) is 78.9 Å². The van der Waals surface area contributed by atoms with E-state index in [2.05, 4.69) is 41.3 Å². The predicted molar refractivity (Wildman–Crippen MR) is 151 cm³/mol. The van der Waals surface area contributed by atoms with E-state index in [0.717, 1.165) is 16.7 Å². The zero-order valence-electron chi connectivity index (χ0n) is 23.3. The lowest BCUT2D eigenvalue weighted by atomic mass is 9.76. The lowest BCUT2D eigenvalue weighted by Gasteiger charge is -2.38. The number of carbonyl (C=O) groups is 3. The molecule has 0 bridgehead atoms. The van der Waals surface area contributed by atoms with Gasteiger partial charge in [0, 0.05) is 20.6 Å². The van der Waals surface area contributed by atoms with Crippen LogP contribution in [0.3, 0.4) is 0 Å². The average molecular weight is 528 g/mol. The van der Waals surface area contributed by atoms with Crippen LogP contribution in [0.5, 0.6) is 0 Å². The number of hydrogen-bond donors (Lipinski definition) is 0. The van der Waals surface area contributed by atoms with Gasteiger partial charge in [-0.05, 0) is 22.6 Å². The molecular formula is C32H37N3O4. The molecule has 0 spiro atoms. The zero-order chi connectivity index (χ0) is 28.2. The van der Waals surface area contributed by atoms with Gasteiger partial charge in [-0.1, -0.05) is 105 Å². The molecule has 1 saturated heterocycles. The molecule has 7 nitrogen and oxygen atoms in total. The second kappa shape index (κ2) is 11.8. The molecule has 39 heavy (non-hydrogen) atoms. The fraction of sp³-hybridized carbons (Fsp3) is 0.344. The van der Waals surface area contributed by atoms with Crippen molar-refractivity contribution in [1.82, 2.24) is 14.7 Å². The van der Waals surface area contributed by atoms with Gasteiger partial charge < -0.3 is 14.5 Å². The van der Waals surface area contributed by atoms with E-state index in [0.29, 0.717) is 6.54 Å². The number of amides is 2. The third-order valence-electron chi connectivity index (χ3n) is 7.54. The van der Waals surface area contributed by atoms with Gasteiger partial charge in [0.05, 0.1) is 19.2 Å². The first-order valence-corrected chi connectivity index (χ1v) is 13.2. The number of ether oxygens (including phenoxy) is 1. The molecule has 0 radical (unpaired) electrons. The molecule has 1 aliphatic heterocycles. The van der Waals surface area contributed by atoms with Gasteiger partial charge in [0.1, 0.15) is 12.1 Å². The lowest BCUT2D eigenvalue weighted by molar-refractivity contribution is -0.154. The van der Waals surface area contributed by atoms with Gasteiger partial charge in [0.15, 0.2) is 0 Å². The summed E-state index contributed by atoms with van der Waals surface area (Å²) in [7, 11) is 4.53. The van der Waals surface area contributed by atoms with Crippen LogP contribution < -0.4 is 0 Å². The first-order chi connectivity index (χ1) is 18.7. The maximum Gasteiger partial charge on any atom is 0.328 e. The largest absolute Gasteiger partial charge is 0.467 e. The van der Waals surface area contributed by atoms with Crippen LogP contribution in [-0.2, 0) is 24.7 Å². The Morgan fingerprint density at radius 2 is 1.28 bits per heavy atom. The van der Waals surface area contributed by atoms with Crippen LogP contribution in [0.15, 0.2) is 91.0 Å². The molecule has 2 amide bonds. The van der Waals surface area contributed by atoms with E-state index in [4.69, 9.17) is 4.74 Å². The minimum atomic E-state index is -0.717.